The van der Waals surface area contributed by atoms with Crippen LogP contribution in [0.15, 0.2) is 4.52 Å². The first-order chi connectivity index (χ1) is 7.09. The molecular weight excluding hydrogens is 210 g/mol. The Bertz CT molecular complexity index is 286. The predicted octanol–water partition coefficient (Wildman–Crippen LogP) is 2.16. The Labute approximate surface area is 95.0 Å². The second-order valence-corrected chi connectivity index (χ2v) is 5.12. The van der Waals surface area contributed by atoms with E-state index >= 15 is 0 Å². The molecule has 0 saturated carbocycles. The van der Waals surface area contributed by atoms with Crippen molar-refractivity contribution in [3.05, 3.63) is 11.7 Å². The van der Waals surface area contributed by atoms with Gasteiger partial charge in [-0.25, -0.2) is 0 Å². The SMILES string of the molecule is CC(N)CCSCc1nc(C(C)C)no1. The van der Waals surface area contributed by atoms with Crippen LogP contribution >= 0.6 is 11.8 Å². The van der Waals surface area contributed by atoms with E-state index in [2.05, 4.69) is 24.0 Å². The number of rotatable bonds is 6. The summed E-state index contributed by atoms with van der Waals surface area (Å²) in [6, 6.07) is 0.270. The molecule has 1 atom stereocenters. The number of thioether (sulfide) groups is 1. The molecule has 5 heteroatoms. The van der Waals surface area contributed by atoms with Crippen molar-refractivity contribution >= 4 is 11.8 Å². The van der Waals surface area contributed by atoms with Crippen LogP contribution in [0.3, 0.4) is 0 Å². The summed E-state index contributed by atoms with van der Waals surface area (Å²) in [7, 11) is 0. The zero-order valence-electron chi connectivity index (χ0n) is 9.56. The molecule has 0 bridgehead atoms. The van der Waals surface area contributed by atoms with Crippen molar-refractivity contribution in [2.24, 2.45) is 5.73 Å². The summed E-state index contributed by atoms with van der Waals surface area (Å²) >= 11 is 1.78. The number of hydrogen-bond acceptors (Lipinski definition) is 5. The van der Waals surface area contributed by atoms with Crippen molar-refractivity contribution in [1.29, 1.82) is 0 Å². The fourth-order valence-electron chi connectivity index (χ4n) is 0.990. The van der Waals surface area contributed by atoms with Crippen molar-refractivity contribution in [2.75, 3.05) is 5.75 Å². The second kappa shape index (κ2) is 6.12. The third-order valence-electron chi connectivity index (χ3n) is 1.94. The molecule has 0 aliphatic heterocycles. The average molecular weight is 229 g/mol. The van der Waals surface area contributed by atoms with Gasteiger partial charge in [0.25, 0.3) is 0 Å². The molecule has 0 fully saturated rings. The number of nitrogens with zero attached hydrogens (tertiary/aromatic N) is 2. The van der Waals surface area contributed by atoms with Crippen molar-refractivity contribution in [2.45, 2.75) is 44.9 Å². The molecule has 86 valence electrons. The molecule has 0 aliphatic carbocycles. The van der Waals surface area contributed by atoms with E-state index in [1.54, 1.807) is 11.8 Å². The Hall–Kier alpha value is -0.550. The molecule has 0 radical (unpaired) electrons. The highest BCUT2D eigenvalue weighted by molar-refractivity contribution is 7.98. The van der Waals surface area contributed by atoms with E-state index in [4.69, 9.17) is 10.3 Å². The minimum Gasteiger partial charge on any atom is -0.338 e. The van der Waals surface area contributed by atoms with E-state index in [1.807, 2.05) is 6.92 Å². The minimum absolute atomic E-state index is 0.270. The van der Waals surface area contributed by atoms with Crippen LogP contribution in [0.25, 0.3) is 0 Å². The molecule has 1 unspecified atom stereocenters. The maximum Gasteiger partial charge on any atom is 0.236 e. The van der Waals surface area contributed by atoms with E-state index in [-0.39, 0.29) is 6.04 Å². The molecule has 15 heavy (non-hydrogen) atoms. The lowest BCUT2D eigenvalue weighted by atomic mass is 10.2. The Morgan fingerprint density at radius 2 is 2.13 bits per heavy atom. The van der Waals surface area contributed by atoms with Crippen molar-refractivity contribution in [3.8, 4) is 0 Å². The minimum atomic E-state index is 0.270. The molecule has 1 aromatic rings. The first-order valence-corrected chi connectivity index (χ1v) is 6.41. The van der Waals surface area contributed by atoms with Crippen LogP contribution in [0.1, 0.15) is 44.8 Å². The molecule has 2 N–H and O–H groups in total. The van der Waals surface area contributed by atoms with Crippen LogP contribution in [-0.4, -0.2) is 21.9 Å². The smallest absolute Gasteiger partial charge is 0.236 e. The van der Waals surface area contributed by atoms with Gasteiger partial charge in [0.1, 0.15) is 0 Å². The fraction of sp³-hybridized carbons (Fsp3) is 0.800. The predicted molar refractivity (Wildman–Crippen MR) is 62.8 cm³/mol. The van der Waals surface area contributed by atoms with Crippen LogP contribution in [0.4, 0.5) is 0 Å². The summed E-state index contributed by atoms with van der Waals surface area (Å²) in [5, 5.41) is 3.91. The van der Waals surface area contributed by atoms with E-state index in [0.29, 0.717) is 11.8 Å². The molecule has 0 aliphatic rings. The average Bonchev–Trinajstić information content (AvgIpc) is 2.60. The number of hydrogen-bond donors (Lipinski definition) is 1. The maximum atomic E-state index is 5.65. The van der Waals surface area contributed by atoms with Gasteiger partial charge in [0.05, 0.1) is 5.75 Å². The third-order valence-corrected chi connectivity index (χ3v) is 2.92. The van der Waals surface area contributed by atoms with Gasteiger partial charge in [-0.2, -0.15) is 16.7 Å². The zero-order chi connectivity index (χ0) is 11.3. The highest BCUT2D eigenvalue weighted by Crippen LogP contribution is 2.15. The van der Waals surface area contributed by atoms with Gasteiger partial charge in [-0.1, -0.05) is 19.0 Å². The van der Waals surface area contributed by atoms with Crippen molar-refractivity contribution in [3.63, 3.8) is 0 Å². The van der Waals surface area contributed by atoms with Crippen LogP contribution in [0.5, 0.6) is 0 Å². The lowest BCUT2D eigenvalue weighted by molar-refractivity contribution is 0.383. The molecular formula is C10H19N3OS. The van der Waals surface area contributed by atoms with Gasteiger partial charge in [-0.3, -0.25) is 0 Å². The molecule has 1 rings (SSSR count). The summed E-state index contributed by atoms with van der Waals surface area (Å²) in [4.78, 5) is 4.30. The summed E-state index contributed by atoms with van der Waals surface area (Å²) < 4.78 is 5.12. The van der Waals surface area contributed by atoms with Gasteiger partial charge in [-0.15, -0.1) is 0 Å². The van der Waals surface area contributed by atoms with E-state index in [9.17, 15) is 0 Å². The van der Waals surface area contributed by atoms with Gasteiger partial charge in [-0.05, 0) is 19.1 Å². The van der Waals surface area contributed by atoms with Crippen molar-refractivity contribution < 1.29 is 4.52 Å². The molecule has 0 aromatic carbocycles. The second-order valence-electron chi connectivity index (χ2n) is 4.02. The largest absolute Gasteiger partial charge is 0.338 e. The van der Waals surface area contributed by atoms with E-state index < -0.39 is 0 Å². The Morgan fingerprint density at radius 1 is 1.40 bits per heavy atom. The highest BCUT2D eigenvalue weighted by Gasteiger charge is 2.09. The highest BCUT2D eigenvalue weighted by atomic mass is 32.2. The standard InChI is InChI=1S/C10H19N3OS/c1-7(2)10-12-9(14-13-10)6-15-5-4-8(3)11/h7-8H,4-6,11H2,1-3H3. The maximum absolute atomic E-state index is 5.65. The van der Waals surface area contributed by atoms with Gasteiger partial charge in [0, 0.05) is 12.0 Å². The quantitative estimate of drug-likeness (QED) is 0.757. The van der Waals surface area contributed by atoms with Gasteiger partial charge in [0.2, 0.25) is 5.89 Å². The Balaban J connectivity index is 2.26. The van der Waals surface area contributed by atoms with Gasteiger partial charge in [0.15, 0.2) is 5.82 Å². The van der Waals surface area contributed by atoms with Crippen LogP contribution in [0.2, 0.25) is 0 Å². The van der Waals surface area contributed by atoms with E-state index in [1.165, 1.54) is 0 Å². The molecule has 0 amide bonds. The molecule has 1 heterocycles. The lowest BCUT2D eigenvalue weighted by Crippen LogP contribution is -2.15. The summed E-state index contributed by atoms with van der Waals surface area (Å²) in [5.74, 6) is 3.66. The Morgan fingerprint density at radius 3 is 2.67 bits per heavy atom. The summed E-state index contributed by atoms with van der Waals surface area (Å²) in [5.41, 5.74) is 5.65. The number of aromatic nitrogens is 2. The summed E-state index contributed by atoms with van der Waals surface area (Å²) in [6.45, 7) is 6.12. The first kappa shape index (κ1) is 12.5. The summed E-state index contributed by atoms with van der Waals surface area (Å²) in [6.07, 6.45) is 1.02. The number of nitrogens with two attached hydrogens (primary N) is 1. The van der Waals surface area contributed by atoms with Gasteiger partial charge >= 0.3 is 0 Å². The van der Waals surface area contributed by atoms with Crippen molar-refractivity contribution in [1.82, 2.24) is 10.1 Å². The first-order valence-electron chi connectivity index (χ1n) is 5.25. The van der Waals surface area contributed by atoms with Crippen LogP contribution in [-0.2, 0) is 5.75 Å². The third kappa shape index (κ3) is 4.66. The van der Waals surface area contributed by atoms with Gasteiger partial charge < -0.3 is 10.3 Å². The monoisotopic (exact) mass is 229 g/mol. The molecule has 4 nitrogen and oxygen atoms in total. The fourth-order valence-corrected chi connectivity index (χ4v) is 1.96. The Kier molecular flexibility index (Phi) is 5.11. The zero-order valence-corrected chi connectivity index (χ0v) is 10.4. The molecule has 1 aromatic heterocycles. The normalized spacial score (nSPS) is 13.4. The van der Waals surface area contributed by atoms with Crippen LogP contribution < -0.4 is 5.73 Å². The van der Waals surface area contributed by atoms with Crippen LogP contribution in [0, 0.1) is 0 Å². The molecule has 0 spiro atoms. The lowest BCUT2D eigenvalue weighted by Gasteiger charge is -2.02. The van der Waals surface area contributed by atoms with E-state index in [0.717, 1.165) is 23.8 Å². The molecule has 0 saturated heterocycles. The topological polar surface area (TPSA) is 64.9 Å².